The summed E-state index contributed by atoms with van der Waals surface area (Å²) in [6.07, 6.45) is 7.91. The largest absolute Gasteiger partial charge is 0.461 e. The van der Waals surface area contributed by atoms with E-state index in [1.807, 2.05) is 54.6 Å². The number of hydrogen-bond acceptors (Lipinski definition) is 6. The van der Waals surface area contributed by atoms with Crippen molar-refractivity contribution in [2.45, 2.75) is 82.9 Å². The summed E-state index contributed by atoms with van der Waals surface area (Å²) in [6, 6.07) is 16.7. The Morgan fingerprint density at radius 3 is 2.14 bits per heavy atom. The zero-order valence-corrected chi connectivity index (χ0v) is 20.7. The summed E-state index contributed by atoms with van der Waals surface area (Å²) < 4.78 is 5.77. The standard InChI is InChI=1S/C28H37N3O5/c32-25(14-6-1-2-7-15-26(33)31-35)30-23-18-16-21(17-19-23)20-29-27(22-10-4-3-5-11-22)28(34)36-24-12-8-9-13-24/h3-5,10-11,16-19,24,27,29,35H,1-2,6-9,12-15,20H2,(H,30,32)(H,31,33)/t27-/m0/s1. The average Bonchev–Trinajstić information content (AvgIpc) is 3.40. The number of carbonyl (C=O) groups is 3. The molecule has 4 N–H and O–H groups in total. The van der Waals surface area contributed by atoms with Crippen LogP contribution < -0.4 is 16.1 Å². The van der Waals surface area contributed by atoms with E-state index in [1.54, 1.807) is 5.48 Å². The second kappa shape index (κ2) is 15.0. The number of amides is 2. The summed E-state index contributed by atoms with van der Waals surface area (Å²) in [5, 5.41) is 14.7. The summed E-state index contributed by atoms with van der Waals surface area (Å²) in [4.78, 5) is 36.1. The predicted molar refractivity (Wildman–Crippen MR) is 137 cm³/mol. The fraction of sp³-hybridized carbons (Fsp3) is 0.464. The number of benzene rings is 2. The molecule has 8 nitrogen and oxygen atoms in total. The van der Waals surface area contributed by atoms with Crippen LogP contribution in [0.25, 0.3) is 0 Å². The monoisotopic (exact) mass is 495 g/mol. The van der Waals surface area contributed by atoms with Gasteiger partial charge in [-0.05, 0) is 61.8 Å². The van der Waals surface area contributed by atoms with Gasteiger partial charge in [-0.1, -0.05) is 55.3 Å². The van der Waals surface area contributed by atoms with Crippen LogP contribution in [-0.4, -0.2) is 29.1 Å². The Kier molecular flexibility index (Phi) is 11.4. The quantitative estimate of drug-likeness (QED) is 0.130. The lowest BCUT2D eigenvalue weighted by atomic mass is 10.1. The highest BCUT2D eigenvalue weighted by Crippen LogP contribution is 2.24. The van der Waals surface area contributed by atoms with Gasteiger partial charge in [0.05, 0.1) is 0 Å². The molecule has 0 aromatic heterocycles. The van der Waals surface area contributed by atoms with Gasteiger partial charge in [0.2, 0.25) is 11.8 Å². The third-order valence-electron chi connectivity index (χ3n) is 6.38. The van der Waals surface area contributed by atoms with Crippen molar-refractivity contribution in [1.29, 1.82) is 0 Å². The van der Waals surface area contributed by atoms with Gasteiger partial charge in [0, 0.05) is 25.1 Å². The first-order valence-corrected chi connectivity index (χ1v) is 12.9. The summed E-state index contributed by atoms with van der Waals surface area (Å²) in [7, 11) is 0. The molecule has 1 fully saturated rings. The van der Waals surface area contributed by atoms with E-state index in [0.717, 1.165) is 61.8 Å². The second-order valence-electron chi connectivity index (χ2n) is 9.26. The molecule has 36 heavy (non-hydrogen) atoms. The fourth-order valence-corrected chi connectivity index (χ4v) is 4.35. The highest BCUT2D eigenvalue weighted by molar-refractivity contribution is 5.90. The van der Waals surface area contributed by atoms with Crippen LogP contribution in [0.1, 0.15) is 81.4 Å². The molecule has 0 spiro atoms. The predicted octanol–water partition coefficient (Wildman–Crippen LogP) is 4.79. The maximum Gasteiger partial charge on any atom is 0.328 e. The molecule has 1 saturated carbocycles. The van der Waals surface area contributed by atoms with Crippen LogP contribution in [0.2, 0.25) is 0 Å². The SMILES string of the molecule is O=C(CCCCCCC(=O)Nc1ccc(CN[C@H](C(=O)OC2CCCC2)c2ccccc2)cc1)NO. The number of unbranched alkanes of at least 4 members (excludes halogenated alkanes) is 3. The van der Waals surface area contributed by atoms with Gasteiger partial charge in [-0.25, -0.2) is 10.3 Å². The zero-order chi connectivity index (χ0) is 25.6. The van der Waals surface area contributed by atoms with Crippen LogP contribution in [0.3, 0.4) is 0 Å². The molecule has 3 rings (SSSR count). The van der Waals surface area contributed by atoms with Gasteiger partial charge in [-0.15, -0.1) is 0 Å². The van der Waals surface area contributed by atoms with Crippen molar-refractivity contribution >= 4 is 23.5 Å². The Morgan fingerprint density at radius 1 is 0.861 bits per heavy atom. The first kappa shape index (κ1) is 27.4. The molecule has 1 aliphatic carbocycles. The average molecular weight is 496 g/mol. The van der Waals surface area contributed by atoms with Gasteiger partial charge in [0.15, 0.2) is 0 Å². The maximum atomic E-state index is 12.9. The molecule has 2 amide bonds. The van der Waals surface area contributed by atoms with Gasteiger partial charge >= 0.3 is 5.97 Å². The third kappa shape index (κ3) is 9.43. The lowest BCUT2D eigenvalue weighted by Gasteiger charge is -2.21. The van der Waals surface area contributed by atoms with Gasteiger partial charge in [0.1, 0.15) is 12.1 Å². The normalized spacial score (nSPS) is 14.2. The number of hydroxylamine groups is 1. The van der Waals surface area contributed by atoms with Crippen molar-refractivity contribution in [2.75, 3.05) is 5.32 Å². The van der Waals surface area contributed by atoms with Gasteiger partial charge in [-0.2, -0.15) is 0 Å². The Balaban J connectivity index is 1.43. The summed E-state index contributed by atoms with van der Waals surface area (Å²) >= 11 is 0. The third-order valence-corrected chi connectivity index (χ3v) is 6.38. The van der Waals surface area contributed by atoms with E-state index in [9.17, 15) is 14.4 Å². The molecule has 2 aromatic rings. The summed E-state index contributed by atoms with van der Waals surface area (Å²) in [5.41, 5.74) is 4.21. The van der Waals surface area contributed by atoms with Crippen molar-refractivity contribution in [3.05, 3.63) is 65.7 Å². The first-order chi connectivity index (χ1) is 17.5. The minimum Gasteiger partial charge on any atom is -0.461 e. The van der Waals surface area contributed by atoms with Crippen LogP contribution in [0.15, 0.2) is 54.6 Å². The van der Waals surface area contributed by atoms with Gasteiger partial charge < -0.3 is 10.1 Å². The van der Waals surface area contributed by atoms with Crippen molar-refractivity contribution in [1.82, 2.24) is 10.8 Å². The lowest BCUT2D eigenvalue weighted by Crippen LogP contribution is -2.32. The highest BCUT2D eigenvalue weighted by atomic mass is 16.5. The van der Waals surface area contributed by atoms with Crippen LogP contribution in [0, 0.1) is 0 Å². The minimum atomic E-state index is -0.538. The van der Waals surface area contributed by atoms with E-state index in [0.29, 0.717) is 19.4 Å². The molecule has 1 aliphatic rings. The summed E-state index contributed by atoms with van der Waals surface area (Å²) in [5.74, 6) is -0.674. The zero-order valence-electron chi connectivity index (χ0n) is 20.7. The Hall–Kier alpha value is -3.23. The Morgan fingerprint density at radius 2 is 1.50 bits per heavy atom. The van der Waals surface area contributed by atoms with Crippen LogP contribution in [0.5, 0.6) is 0 Å². The fourth-order valence-electron chi connectivity index (χ4n) is 4.35. The van der Waals surface area contributed by atoms with Crippen LogP contribution >= 0.6 is 0 Å². The molecule has 0 aliphatic heterocycles. The van der Waals surface area contributed by atoms with Gasteiger partial charge in [0.25, 0.3) is 0 Å². The Labute approximate surface area is 212 Å². The minimum absolute atomic E-state index is 0.0150. The molecule has 0 bridgehead atoms. The van der Waals surface area contributed by atoms with Gasteiger partial charge in [-0.3, -0.25) is 20.1 Å². The topological polar surface area (TPSA) is 117 Å². The molecule has 0 unspecified atom stereocenters. The van der Waals surface area contributed by atoms with Crippen molar-refractivity contribution < 1.29 is 24.3 Å². The molecule has 8 heteroatoms. The van der Waals surface area contributed by atoms with E-state index in [4.69, 9.17) is 9.94 Å². The molecular formula is C28H37N3O5. The number of nitrogens with one attached hydrogen (secondary N) is 3. The van der Waals surface area contributed by atoms with E-state index < -0.39 is 6.04 Å². The number of hydrogen-bond donors (Lipinski definition) is 4. The molecule has 0 heterocycles. The van der Waals surface area contributed by atoms with Crippen molar-refractivity contribution in [3.8, 4) is 0 Å². The van der Waals surface area contributed by atoms with Crippen LogP contribution in [0.4, 0.5) is 5.69 Å². The number of anilines is 1. The lowest BCUT2D eigenvalue weighted by molar-refractivity contribution is -0.151. The molecule has 0 saturated heterocycles. The van der Waals surface area contributed by atoms with E-state index >= 15 is 0 Å². The number of rotatable bonds is 14. The number of carbonyl (C=O) groups excluding carboxylic acids is 3. The first-order valence-electron chi connectivity index (χ1n) is 12.9. The van der Waals surface area contributed by atoms with E-state index in [-0.39, 0.29) is 30.3 Å². The molecule has 194 valence electrons. The molecule has 2 aromatic carbocycles. The second-order valence-corrected chi connectivity index (χ2v) is 9.26. The van der Waals surface area contributed by atoms with E-state index in [2.05, 4.69) is 10.6 Å². The Bertz CT molecular complexity index is 959. The highest BCUT2D eigenvalue weighted by Gasteiger charge is 2.26. The smallest absolute Gasteiger partial charge is 0.328 e. The number of ether oxygens (including phenoxy) is 1. The van der Waals surface area contributed by atoms with E-state index in [1.165, 1.54) is 0 Å². The molecule has 1 atom stereocenters. The van der Waals surface area contributed by atoms with Crippen molar-refractivity contribution in [3.63, 3.8) is 0 Å². The van der Waals surface area contributed by atoms with Crippen molar-refractivity contribution in [2.24, 2.45) is 0 Å². The molecule has 0 radical (unpaired) electrons. The summed E-state index contributed by atoms with van der Waals surface area (Å²) in [6.45, 7) is 0.488. The molecular weight excluding hydrogens is 458 g/mol. The van der Waals surface area contributed by atoms with Crippen LogP contribution in [-0.2, 0) is 25.7 Å². The maximum absolute atomic E-state index is 12.9. The number of esters is 1.